The van der Waals surface area contributed by atoms with Gasteiger partial charge in [0.2, 0.25) is 0 Å². The lowest BCUT2D eigenvalue weighted by atomic mass is 10.1. The zero-order valence-corrected chi connectivity index (χ0v) is 18.6. The van der Waals surface area contributed by atoms with Crippen molar-refractivity contribution in [3.8, 4) is 5.75 Å². The largest absolute Gasteiger partial charge is 0.496 e. The molecule has 0 saturated heterocycles. The lowest BCUT2D eigenvalue weighted by Gasteiger charge is -2.13. The zero-order valence-electron chi connectivity index (χ0n) is 17.0. The van der Waals surface area contributed by atoms with Crippen molar-refractivity contribution >= 4 is 49.4 Å². The molecule has 0 N–H and O–H groups in total. The molecule has 0 fully saturated rings. The van der Waals surface area contributed by atoms with Gasteiger partial charge in [0.05, 0.1) is 19.6 Å². The van der Waals surface area contributed by atoms with Gasteiger partial charge in [-0.05, 0) is 30.2 Å². The Morgan fingerprint density at radius 1 is 1.23 bits per heavy atom. The van der Waals surface area contributed by atoms with Crippen LogP contribution in [-0.4, -0.2) is 29.7 Å². The number of aryl methyl sites for hydroxylation is 1. The zero-order chi connectivity index (χ0) is 21.4. The molecule has 2 heterocycles. The van der Waals surface area contributed by atoms with Crippen LogP contribution in [0.4, 0.5) is 0 Å². The van der Waals surface area contributed by atoms with E-state index >= 15 is 0 Å². The fourth-order valence-electron chi connectivity index (χ4n) is 3.48. The number of hydrogen-bond acceptors (Lipinski definition) is 7. The molecule has 154 valence electrons. The third-order valence-corrected chi connectivity index (χ3v) is 7.06. The van der Waals surface area contributed by atoms with Crippen molar-refractivity contribution < 1.29 is 14.3 Å². The summed E-state index contributed by atoms with van der Waals surface area (Å²) in [5.74, 6) is 0.609. The van der Waals surface area contributed by atoms with Gasteiger partial charge in [0.25, 0.3) is 5.56 Å². The molecule has 0 aliphatic heterocycles. The summed E-state index contributed by atoms with van der Waals surface area (Å²) in [7, 11) is 4.62. The maximum absolute atomic E-state index is 13.0. The van der Waals surface area contributed by atoms with Gasteiger partial charge >= 0.3 is 5.97 Å². The van der Waals surface area contributed by atoms with Crippen LogP contribution in [0.15, 0.2) is 46.3 Å². The molecule has 8 heteroatoms. The number of esters is 1. The van der Waals surface area contributed by atoms with Gasteiger partial charge < -0.3 is 9.47 Å². The van der Waals surface area contributed by atoms with Crippen LogP contribution in [0.1, 0.15) is 21.5 Å². The van der Waals surface area contributed by atoms with Crippen molar-refractivity contribution in [3.63, 3.8) is 0 Å². The monoisotopic (exact) mass is 440 g/mol. The molecule has 0 aliphatic carbocycles. The molecule has 0 bridgehead atoms. The van der Waals surface area contributed by atoms with Crippen LogP contribution in [0.25, 0.3) is 20.3 Å². The van der Waals surface area contributed by atoms with Crippen molar-refractivity contribution in [2.24, 2.45) is 7.05 Å². The quantitative estimate of drug-likeness (QED) is 0.258. The molecule has 30 heavy (non-hydrogen) atoms. The molecule has 0 aliphatic rings. The first kappa shape index (κ1) is 20.4. The van der Waals surface area contributed by atoms with E-state index in [1.807, 2.05) is 37.3 Å². The molecule has 2 aromatic heterocycles. The summed E-state index contributed by atoms with van der Waals surface area (Å²) in [6.45, 7) is 1.89. The standard InChI is InChI=1S/C22H20N2O4S2/c1-12-9-13(10-15(18(12)27-3)21(26)28-4)11-29-22-23-19-17(20(25)24(22)2)14-7-5-6-8-16(14)30-19/h5-10H,11H2,1-4H3. The predicted molar refractivity (Wildman–Crippen MR) is 121 cm³/mol. The number of carbonyl (C=O) groups excluding carboxylic acids is 1. The Labute approximate surface area is 181 Å². The molecular weight excluding hydrogens is 420 g/mol. The van der Waals surface area contributed by atoms with Crippen LogP contribution in [0.5, 0.6) is 5.75 Å². The van der Waals surface area contributed by atoms with E-state index in [1.165, 1.54) is 37.3 Å². The van der Waals surface area contributed by atoms with Gasteiger partial charge in [0.15, 0.2) is 5.16 Å². The molecule has 0 atom stereocenters. The summed E-state index contributed by atoms with van der Waals surface area (Å²) in [5.41, 5.74) is 2.10. The van der Waals surface area contributed by atoms with Gasteiger partial charge in [0.1, 0.15) is 16.1 Å². The van der Waals surface area contributed by atoms with Crippen LogP contribution < -0.4 is 10.3 Å². The Morgan fingerprint density at radius 3 is 2.73 bits per heavy atom. The van der Waals surface area contributed by atoms with Gasteiger partial charge in [-0.1, -0.05) is 36.0 Å². The maximum Gasteiger partial charge on any atom is 0.341 e. The minimum absolute atomic E-state index is 0.0545. The van der Waals surface area contributed by atoms with Crippen molar-refractivity contribution in [1.29, 1.82) is 0 Å². The third kappa shape index (κ3) is 3.46. The molecule has 0 radical (unpaired) electrons. The predicted octanol–water partition coefficient (Wildman–Crippen LogP) is 4.54. The first-order chi connectivity index (χ1) is 14.4. The molecule has 2 aromatic carbocycles. The molecule has 0 spiro atoms. The van der Waals surface area contributed by atoms with Gasteiger partial charge in [0, 0.05) is 22.9 Å². The van der Waals surface area contributed by atoms with E-state index in [0.717, 1.165) is 26.0 Å². The molecule has 4 rings (SSSR count). The lowest BCUT2D eigenvalue weighted by Crippen LogP contribution is -2.19. The number of thioether (sulfide) groups is 1. The summed E-state index contributed by atoms with van der Waals surface area (Å²) in [4.78, 5) is 30.6. The normalized spacial score (nSPS) is 11.2. The highest BCUT2D eigenvalue weighted by molar-refractivity contribution is 7.98. The van der Waals surface area contributed by atoms with Gasteiger partial charge in [-0.25, -0.2) is 9.78 Å². The minimum Gasteiger partial charge on any atom is -0.496 e. The van der Waals surface area contributed by atoms with Crippen LogP contribution >= 0.6 is 23.1 Å². The Morgan fingerprint density at radius 2 is 2.00 bits per heavy atom. The van der Waals surface area contributed by atoms with Crippen LogP contribution in [0.2, 0.25) is 0 Å². The number of ether oxygens (including phenoxy) is 2. The Balaban J connectivity index is 1.71. The van der Waals surface area contributed by atoms with Crippen molar-refractivity contribution in [2.75, 3.05) is 14.2 Å². The number of nitrogens with zero attached hydrogens (tertiary/aromatic N) is 2. The van der Waals surface area contributed by atoms with E-state index in [1.54, 1.807) is 17.7 Å². The molecule has 0 unspecified atom stereocenters. The van der Waals surface area contributed by atoms with E-state index in [-0.39, 0.29) is 5.56 Å². The van der Waals surface area contributed by atoms with E-state index < -0.39 is 5.97 Å². The summed E-state index contributed by atoms with van der Waals surface area (Å²) < 4.78 is 12.9. The summed E-state index contributed by atoms with van der Waals surface area (Å²) in [6.07, 6.45) is 0. The summed E-state index contributed by atoms with van der Waals surface area (Å²) in [6, 6.07) is 11.6. The average Bonchev–Trinajstić information content (AvgIpc) is 3.12. The third-order valence-electron chi connectivity index (χ3n) is 4.89. The Bertz CT molecular complexity index is 1340. The summed E-state index contributed by atoms with van der Waals surface area (Å²) in [5, 5.41) is 2.23. The number of thiophene rings is 1. The first-order valence-electron chi connectivity index (χ1n) is 9.21. The fraction of sp³-hybridized carbons (Fsp3) is 0.227. The number of rotatable bonds is 5. The number of methoxy groups -OCH3 is 2. The molecule has 4 aromatic rings. The average molecular weight is 441 g/mol. The highest BCUT2D eigenvalue weighted by Gasteiger charge is 2.18. The molecule has 6 nitrogen and oxygen atoms in total. The van der Waals surface area contributed by atoms with E-state index in [0.29, 0.717) is 27.6 Å². The van der Waals surface area contributed by atoms with Crippen molar-refractivity contribution in [3.05, 3.63) is 63.4 Å². The highest BCUT2D eigenvalue weighted by Crippen LogP contribution is 2.33. The highest BCUT2D eigenvalue weighted by atomic mass is 32.2. The van der Waals surface area contributed by atoms with Crippen LogP contribution in [0.3, 0.4) is 0 Å². The van der Waals surface area contributed by atoms with Gasteiger partial charge in [-0.2, -0.15) is 0 Å². The van der Waals surface area contributed by atoms with E-state index in [9.17, 15) is 9.59 Å². The number of hydrogen-bond donors (Lipinski definition) is 0. The number of carbonyl (C=O) groups is 1. The number of aromatic nitrogens is 2. The number of benzene rings is 2. The topological polar surface area (TPSA) is 70.4 Å². The van der Waals surface area contributed by atoms with Gasteiger partial charge in [-0.15, -0.1) is 11.3 Å². The van der Waals surface area contributed by atoms with Crippen LogP contribution in [0, 0.1) is 6.92 Å². The van der Waals surface area contributed by atoms with Crippen molar-refractivity contribution in [1.82, 2.24) is 9.55 Å². The fourth-order valence-corrected chi connectivity index (χ4v) is 5.49. The smallest absolute Gasteiger partial charge is 0.341 e. The second-order valence-corrected chi connectivity index (χ2v) is 8.78. The molecule has 0 saturated carbocycles. The van der Waals surface area contributed by atoms with Crippen molar-refractivity contribution in [2.45, 2.75) is 17.8 Å². The Kier molecular flexibility index (Phi) is 5.53. The molecular formula is C22H20N2O4S2. The van der Waals surface area contributed by atoms with E-state index in [2.05, 4.69) is 0 Å². The Hall–Kier alpha value is -2.84. The summed E-state index contributed by atoms with van der Waals surface area (Å²) >= 11 is 2.98. The maximum atomic E-state index is 13.0. The molecule has 0 amide bonds. The van der Waals surface area contributed by atoms with E-state index in [4.69, 9.17) is 14.5 Å². The number of fused-ring (bicyclic) bond motifs is 3. The second-order valence-electron chi connectivity index (χ2n) is 6.81. The lowest BCUT2D eigenvalue weighted by molar-refractivity contribution is 0.0597. The first-order valence-corrected chi connectivity index (χ1v) is 11.0. The minimum atomic E-state index is -0.445. The second kappa shape index (κ2) is 8.12. The van der Waals surface area contributed by atoms with Crippen LogP contribution in [-0.2, 0) is 17.5 Å². The SMILES string of the molecule is COC(=O)c1cc(CSc2nc3sc4ccccc4c3c(=O)n2C)cc(C)c1OC. The van der Waals surface area contributed by atoms with Gasteiger partial charge in [-0.3, -0.25) is 9.36 Å².